The van der Waals surface area contributed by atoms with E-state index in [1.807, 2.05) is 31.2 Å². The van der Waals surface area contributed by atoms with Gasteiger partial charge in [0.2, 0.25) is 0 Å². The predicted molar refractivity (Wildman–Crippen MR) is 127 cm³/mol. The zero-order valence-electron chi connectivity index (χ0n) is 19.3. The van der Waals surface area contributed by atoms with E-state index in [0.717, 1.165) is 35.1 Å². The van der Waals surface area contributed by atoms with Crippen molar-refractivity contribution in [2.24, 2.45) is 11.8 Å². The first-order chi connectivity index (χ1) is 15.8. The van der Waals surface area contributed by atoms with Gasteiger partial charge < -0.3 is 4.74 Å². The highest BCUT2D eigenvalue weighted by atomic mass is 19.3. The van der Waals surface area contributed by atoms with Crippen molar-refractivity contribution in [1.82, 2.24) is 0 Å². The average molecular weight is 453 g/mol. The van der Waals surface area contributed by atoms with Gasteiger partial charge in [-0.3, -0.25) is 0 Å². The lowest BCUT2D eigenvalue weighted by molar-refractivity contribution is -0.185. The zero-order valence-corrected chi connectivity index (χ0v) is 19.3. The molecule has 0 aliphatic heterocycles. The van der Waals surface area contributed by atoms with Crippen molar-refractivity contribution in [3.63, 3.8) is 0 Å². The highest BCUT2D eigenvalue weighted by Crippen LogP contribution is 2.35. The van der Waals surface area contributed by atoms with Crippen LogP contribution in [0.2, 0.25) is 0 Å². The molecule has 1 aliphatic carbocycles. The number of ether oxygens (including phenoxy) is 1. The lowest BCUT2D eigenvalue weighted by Gasteiger charge is -2.26. The Kier molecular flexibility index (Phi) is 7.11. The van der Waals surface area contributed by atoms with E-state index in [1.165, 1.54) is 43.9 Å². The molecule has 0 radical (unpaired) electrons. The first-order valence-electron chi connectivity index (χ1n) is 11.8. The lowest BCUT2D eigenvalue weighted by atomic mass is 9.80. The van der Waals surface area contributed by atoms with Gasteiger partial charge >= 0.3 is 6.11 Å². The second-order valence-electron chi connectivity index (χ2n) is 9.48. The largest absolute Gasteiger partial charge is 0.429 e. The molecule has 3 aromatic rings. The van der Waals surface area contributed by atoms with Crippen molar-refractivity contribution in [3.05, 3.63) is 89.2 Å². The SMILES string of the molecule is Cc1ccc(-c2ccc(C(F)(F)Oc3ccc(CCC4CCC(C)CC4)c(F)c3)cc2)cc1. The quantitative estimate of drug-likeness (QED) is 0.348. The molecule has 0 aromatic heterocycles. The highest BCUT2D eigenvalue weighted by Gasteiger charge is 2.34. The number of alkyl halides is 2. The van der Waals surface area contributed by atoms with Crippen molar-refractivity contribution in [2.75, 3.05) is 0 Å². The van der Waals surface area contributed by atoms with Gasteiger partial charge in [-0.15, -0.1) is 0 Å². The van der Waals surface area contributed by atoms with Crippen LogP contribution in [0.1, 0.15) is 55.7 Å². The van der Waals surface area contributed by atoms with Crippen LogP contribution in [-0.4, -0.2) is 0 Å². The molecule has 0 bridgehead atoms. The van der Waals surface area contributed by atoms with Gasteiger partial charge in [0.15, 0.2) is 0 Å². The maximum atomic E-state index is 14.7. The molecule has 0 atom stereocenters. The Morgan fingerprint density at radius 3 is 2.06 bits per heavy atom. The molecule has 0 heterocycles. The van der Waals surface area contributed by atoms with E-state index in [2.05, 4.69) is 6.92 Å². The van der Waals surface area contributed by atoms with Gasteiger partial charge in [0.25, 0.3) is 0 Å². The van der Waals surface area contributed by atoms with Gasteiger partial charge in [0, 0.05) is 6.07 Å². The smallest absolute Gasteiger partial charge is 0.426 e. The third-order valence-corrected chi connectivity index (χ3v) is 6.83. The minimum Gasteiger partial charge on any atom is -0.429 e. The minimum atomic E-state index is -3.56. The molecule has 0 amide bonds. The standard InChI is InChI=1S/C29H31F3O/c1-20-3-7-22(8-4-20)9-12-25-15-18-27(19-28(25)30)33-29(31,32)26-16-13-24(14-17-26)23-10-5-21(2)6-11-23/h5-6,10-11,13-20,22H,3-4,7-9,12H2,1-2H3. The van der Waals surface area contributed by atoms with Crippen LogP contribution in [0.3, 0.4) is 0 Å². The van der Waals surface area contributed by atoms with Gasteiger partial charge in [-0.2, -0.15) is 8.78 Å². The summed E-state index contributed by atoms with van der Waals surface area (Å²) in [6.07, 6.45) is 2.87. The van der Waals surface area contributed by atoms with E-state index < -0.39 is 11.9 Å². The predicted octanol–water partition coefficient (Wildman–Crippen LogP) is 8.69. The van der Waals surface area contributed by atoms with Crippen molar-refractivity contribution in [2.45, 2.75) is 58.5 Å². The van der Waals surface area contributed by atoms with Crippen LogP contribution in [0, 0.1) is 24.6 Å². The Morgan fingerprint density at radius 2 is 1.45 bits per heavy atom. The van der Waals surface area contributed by atoms with Crippen LogP contribution < -0.4 is 4.74 Å². The summed E-state index contributed by atoms with van der Waals surface area (Å²) in [5, 5.41) is 0. The minimum absolute atomic E-state index is 0.171. The Morgan fingerprint density at radius 1 is 0.848 bits per heavy atom. The number of benzene rings is 3. The van der Waals surface area contributed by atoms with Crippen LogP contribution in [0.15, 0.2) is 66.7 Å². The number of rotatable bonds is 7. The molecule has 1 nitrogen and oxygen atoms in total. The maximum Gasteiger partial charge on any atom is 0.426 e. The van der Waals surface area contributed by atoms with Crippen LogP contribution >= 0.6 is 0 Å². The van der Waals surface area contributed by atoms with E-state index in [9.17, 15) is 13.2 Å². The lowest BCUT2D eigenvalue weighted by Crippen LogP contribution is -2.22. The van der Waals surface area contributed by atoms with Gasteiger partial charge in [0.05, 0.1) is 5.56 Å². The van der Waals surface area contributed by atoms with Crippen molar-refractivity contribution >= 4 is 0 Å². The van der Waals surface area contributed by atoms with Gasteiger partial charge in [-0.05, 0) is 66.5 Å². The molecule has 1 saturated carbocycles. The van der Waals surface area contributed by atoms with Crippen molar-refractivity contribution < 1.29 is 17.9 Å². The first-order valence-corrected chi connectivity index (χ1v) is 11.8. The molecule has 4 heteroatoms. The van der Waals surface area contributed by atoms with Crippen LogP contribution in [0.4, 0.5) is 13.2 Å². The molecule has 4 rings (SSSR count). The fourth-order valence-electron chi connectivity index (χ4n) is 4.58. The monoisotopic (exact) mass is 452 g/mol. The first kappa shape index (κ1) is 23.4. The summed E-state index contributed by atoms with van der Waals surface area (Å²) in [7, 11) is 0. The molecule has 174 valence electrons. The summed E-state index contributed by atoms with van der Waals surface area (Å²) in [5.74, 6) is 0.760. The molecular formula is C29H31F3O. The highest BCUT2D eigenvalue weighted by molar-refractivity contribution is 5.64. The molecule has 0 N–H and O–H groups in total. The topological polar surface area (TPSA) is 9.23 Å². The fourth-order valence-corrected chi connectivity index (χ4v) is 4.58. The third kappa shape index (κ3) is 5.98. The normalized spacial score (nSPS) is 18.8. The molecule has 33 heavy (non-hydrogen) atoms. The number of halogens is 3. The van der Waals surface area contributed by atoms with Crippen molar-refractivity contribution in [3.8, 4) is 16.9 Å². The summed E-state index contributed by atoms with van der Waals surface area (Å²) in [4.78, 5) is 0. The summed E-state index contributed by atoms with van der Waals surface area (Å²) in [5.41, 5.74) is 3.23. The van der Waals surface area contributed by atoms with Gasteiger partial charge in [-0.25, -0.2) is 4.39 Å². The Bertz CT molecular complexity index is 1050. The fraction of sp³-hybridized carbons (Fsp3) is 0.379. The van der Waals surface area contributed by atoms with Crippen LogP contribution in [0.5, 0.6) is 5.75 Å². The van der Waals surface area contributed by atoms with E-state index in [4.69, 9.17) is 4.74 Å². The van der Waals surface area contributed by atoms with Crippen LogP contribution in [0.25, 0.3) is 11.1 Å². The molecular weight excluding hydrogens is 421 g/mol. The van der Waals surface area contributed by atoms with E-state index >= 15 is 0 Å². The van der Waals surface area contributed by atoms with E-state index in [0.29, 0.717) is 17.9 Å². The maximum absolute atomic E-state index is 14.7. The van der Waals surface area contributed by atoms with Crippen LogP contribution in [-0.2, 0) is 12.5 Å². The number of aryl methyl sites for hydroxylation is 2. The molecule has 3 aromatic carbocycles. The Hall–Kier alpha value is -2.75. The summed E-state index contributed by atoms with van der Waals surface area (Å²) < 4.78 is 49.0. The zero-order chi connectivity index (χ0) is 23.4. The molecule has 1 fully saturated rings. The third-order valence-electron chi connectivity index (χ3n) is 6.83. The summed E-state index contributed by atoms with van der Waals surface area (Å²) >= 11 is 0. The average Bonchev–Trinajstić information content (AvgIpc) is 2.80. The second-order valence-corrected chi connectivity index (χ2v) is 9.48. The Balaban J connectivity index is 1.39. The number of hydrogen-bond acceptors (Lipinski definition) is 1. The molecule has 0 spiro atoms. The van der Waals surface area contributed by atoms with E-state index in [-0.39, 0.29) is 11.3 Å². The Labute approximate surface area is 194 Å². The molecule has 1 aliphatic rings. The molecule has 0 saturated heterocycles. The van der Waals surface area contributed by atoms with Crippen molar-refractivity contribution in [1.29, 1.82) is 0 Å². The summed E-state index contributed by atoms with van der Waals surface area (Å²) in [6.45, 7) is 4.28. The van der Waals surface area contributed by atoms with Gasteiger partial charge in [-0.1, -0.05) is 80.6 Å². The number of hydrogen-bond donors (Lipinski definition) is 0. The van der Waals surface area contributed by atoms with E-state index in [1.54, 1.807) is 18.2 Å². The second kappa shape index (κ2) is 10.0. The van der Waals surface area contributed by atoms with Gasteiger partial charge in [0.1, 0.15) is 11.6 Å². The molecule has 0 unspecified atom stereocenters. The summed E-state index contributed by atoms with van der Waals surface area (Å²) in [6, 6.07) is 18.0.